The summed E-state index contributed by atoms with van der Waals surface area (Å²) in [4.78, 5) is 19.2. The maximum absolute atomic E-state index is 13.4. The van der Waals surface area contributed by atoms with E-state index in [0.717, 1.165) is 31.9 Å². The summed E-state index contributed by atoms with van der Waals surface area (Å²) in [6.07, 6.45) is 1.82. The van der Waals surface area contributed by atoms with Gasteiger partial charge < -0.3 is 10.2 Å². The van der Waals surface area contributed by atoms with Gasteiger partial charge in [0.15, 0.2) is 0 Å². The standard InChI is InChI=1S/C18H17FN4O/c19-14-3-1-2-13(10-14)16-11-18(24)23-12-15(4-5-17(23)21-16)22-8-6-20-7-9-22/h1-5,10-12,20H,6-9H2. The molecule has 1 aromatic carbocycles. The van der Waals surface area contributed by atoms with Gasteiger partial charge in [-0.05, 0) is 24.3 Å². The zero-order chi connectivity index (χ0) is 16.5. The molecule has 6 heteroatoms. The van der Waals surface area contributed by atoms with E-state index in [-0.39, 0.29) is 11.4 Å². The third-order valence-corrected chi connectivity index (χ3v) is 4.25. The first kappa shape index (κ1) is 14.8. The van der Waals surface area contributed by atoms with Crippen molar-refractivity contribution in [2.75, 3.05) is 31.1 Å². The Labute approximate surface area is 138 Å². The molecule has 0 saturated carbocycles. The summed E-state index contributed by atoms with van der Waals surface area (Å²) in [5.41, 5.74) is 2.47. The van der Waals surface area contributed by atoms with Crippen LogP contribution >= 0.6 is 0 Å². The van der Waals surface area contributed by atoms with Gasteiger partial charge in [0.1, 0.15) is 11.5 Å². The number of rotatable bonds is 2. The predicted octanol–water partition coefficient (Wildman–Crippen LogP) is 1.91. The van der Waals surface area contributed by atoms with Crippen LogP contribution in [-0.4, -0.2) is 35.6 Å². The van der Waals surface area contributed by atoms with Crippen LogP contribution in [0.2, 0.25) is 0 Å². The fourth-order valence-electron chi connectivity index (χ4n) is 3.00. The predicted molar refractivity (Wildman–Crippen MR) is 91.9 cm³/mol. The van der Waals surface area contributed by atoms with Gasteiger partial charge in [0.25, 0.3) is 5.56 Å². The molecule has 1 N–H and O–H groups in total. The quantitative estimate of drug-likeness (QED) is 0.782. The molecule has 1 fully saturated rings. The van der Waals surface area contributed by atoms with E-state index < -0.39 is 0 Å². The van der Waals surface area contributed by atoms with Crippen LogP contribution in [0.15, 0.2) is 53.5 Å². The smallest absolute Gasteiger partial charge is 0.258 e. The molecule has 5 nitrogen and oxygen atoms in total. The summed E-state index contributed by atoms with van der Waals surface area (Å²) in [6.45, 7) is 3.69. The zero-order valence-corrected chi connectivity index (χ0v) is 13.1. The normalized spacial score (nSPS) is 15.0. The summed E-state index contributed by atoms with van der Waals surface area (Å²) >= 11 is 0. The van der Waals surface area contributed by atoms with E-state index in [1.807, 2.05) is 18.3 Å². The van der Waals surface area contributed by atoms with Crippen molar-refractivity contribution in [1.29, 1.82) is 0 Å². The summed E-state index contributed by atoms with van der Waals surface area (Å²) in [7, 11) is 0. The van der Waals surface area contributed by atoms with E-state index in [1.54, 1.807) is 16.5 Å². The average Bonchev–Trinajstić information content (AvgIpc) is 2.62. The van der Waals surface area contributed by atoms with E-state index in [2.05, 4.69) is 15.2 Å². The Balaban J connectivity index is 1.78. The molecule has 0 atom stereocenters. The Kier molecular flexibility index (Phi) is 3.74. The van der Waals surface area contributed by atoms with Gasteiger partial charge in [-0.2, -0.15) is 0 Å². The SMILES string of the molecule is O=c1cc(-c2cccc(F)c2)nc2ccc(N3CCNCC3)cn12. The molecule has 3 heterocycles. The number of piperazine rings is 1. The van der Waals surface area contributed by atoms with Crippen molar-refractivity contribution in [2.45, 2.75) is 0 Å². The molecule has 4 rings (SSSR count). The molecule has 0 aliphatic carbocycles. The number of pyridine rings is 1. The molecule has 0 unspecified atom stereocenters. The molecular formula is C18H17FN4O. The second-order valence-electron chi connectivity index (χ2n) is 5.84. The lowest BCUT2D eigenvalue weighted by Crippen LogP contribution is -2.43. The number of nitrogens with zero attached hydrogens (tertiary/aromatic N) is 3. The number of fused-ring (bicyclic) bond motifs is 1. The first-order chi connectivity index (χ1) is 11.7. The van der Waals surface area contributed by atoms with Crippen LogP contribution in [0.5, 0.6) is 0 Å². The van der Waals surface area contributed by atoms with Crippen molar-refractivity contribution in [1.82, 2.24) is 14.7 Å². The lowest BCUT2D eigenvalue weighted by Gasteiger charge is -2.29. The molecule has 122 valence electrons. The number of hydrogen-bond acceptors (Lipinski definition) is 4. The van der Waals surface area contributed by atoms with Gasteiger partial charge in [0, 0.05) is 44.0 Å². The number of aromatic nitrogens is 2. The number of anilines is 1. The fraction of sp³-hybridized carbons (Fsp3) is 0.222. The summed E-state index contributed by atoms with van der Waals surface area (Å²) < 4.78 is 14.9. The lowest BCUT2D eigenvalue weighted by atomic mass is 10.1. The largest absolute Gasteiger partial charge is 0.368 e. The van der Waals surface area contributed by atoms with E-state index in [9.17, 15) is 9.18 Å². The van der Waals surface area contributed by atoms with Crippen molar-refractivity contribution in [3.63, 3.8) is 0 Å². The molecule has 0 amide bonds. The molecule has 0 radical (unpaired) electrons. The molecule has 1 aliphatic heterocycles. The van der Waals surface area contributed by atoms with E-state index in [4.69, 9.17) is 0 Å². The van der Waals surface area contributed by atoms with Crippen LogP contribution in [-0.2, 0) is 0 Å². The van der Waals surface area contributed by atoms with Crippen LogP contribution in [0.4, 0.5) is 10.1 Å². The Morgan fingerprint density at radius 3 is 2.71 bits per heavy atom. The van der Waals surface area contributed by atoms with E-state index in [0.29, 0.717) is 16.9 Å². The van der Waals surface area contributed by atoms with Crippen molar-refractivity contribution in [3.05, 3.63) is 64.8 Å². The Morgan fingerprint density at radius 2 is 1.92 bits per heavy atom. The first-order valence-electron chi connectivity index (χ1n) is 7.96. The number of benzene rings is 1. The molecule has 3 aromatic rings. The monoisotopic (exact) mass is 324 g/mol. The zero-order valence-electron chi connectivity index (χ0n) is 13.1. The van der Waals surface area contributed by atoms with Crippen LogP contribution in [0.3, 0.4) is 0 Å². The highest BCUT2D eigenvalue weighted by Gasteiger charge is 2.12. The van der Waals surface area contributed by atoms with Gasteiger partial charge in [0.05, 0.1) is 11.4 Å². The van der Waals surface area contributed by atoms with Crippen LogP contribution < -0.4 is 15.8 Å². The third-order valence-electron chi connectivity index (χ3n) is 4.25. The number of nitrogens with one attached hydrogen (secondary N) is 1. The molecule has 0 spiro atoms. The van der Waals surface area contributed by atoms with Crippen molar-refractivity contribution in [2.24, 2.45) is 0 Å². The third kappa shape index (κ3) is 2.76. The maximum Gasteiger partial charge on any atom is 0.258 e. The topological polar surface area (TPSA) is 49.6 Å². The highest BCUT2D eigenvalue weighted by Crippen LogP contribution is 2.19. The summed E-state index contributed by atoms with van der Waals surface area (Å²) in [5.74, 6) is -0.344. The van der Waals surface area contributed by atoms with Gasteiger partial charge in [-0.25, -0.2) is 9.37 Å². The van der Waals surface area contributed by atoms with Crippen LogP contribution in [0, 0.1) is 5.82 Å². The fourth-order valence-corrected chi connectivity index (χ4v) is 3.00. The molecule has 1 aliphatic rings. The van der Waals surface area contributed by atoms with Gasteiger partial charge in [0.2, 0.25) is 0 Å². The second-order valence-corrected chi connectivity index (χ2v) is 5.84. The Bertz CT molecular complexity index is 947. The van der Waals surface area contributed by atoms with Crippen molar-refractivity contribution < 1.29 is 4.39 Å². The minimum atomic E-state index is -0.344. The minimum Gasteiger partial charge on any atom is -0.368 e. The van der Waals surface area contributed by atoms with Crippen molar-refractivity contribution >= 4 is 11.3 Å². The van der Waals surface area contributed by atoms with Gasteiger partial charge in [-0.15, -0.1) is 0 Å². The minimum absolute atomic E-state index is 0.170. The van der Waals surface area contributed by atoms with Crippen LogP contribution in [0.1, 0.15) is 0 Å². The Morgan fingerprint density at radius 1 is 1.08 bits per heavy atom. The van der Waals surface area contributed by atoms with Crippen LogP contribution in [0.25, 0.3) is 16.9 Å². The lowest BCUT2D eigenvalue weighted by molar-refractivity contribution is 0.588. The number of hydrogen-bond donors (Lipinski definition) is 1. The van der Waals surface area contributed by atoms with Gasteiger partial charge in [-0.1, -0.05) is 12.1 Å². The highest BCUT2D eigenvalue weighted by atomic mass is 19.1. The molecule has 1 saturated heterocycles. The molecule has 0 bridgehead atoms. The highest BCUT2D eigenvalue weighted by molar-refractivity contribution is 5.62. The van der Waals surface area contributed by atoms with Crippen molar-refractivity contribution in [3.8, 4) is 11.3 Å². The average molecular weight is 324 g/mol. The van der Waals surface area contributed by atoms with Gasteiger partial charge >= 0.3 is 0 Å². The number of halogens is 1. The molecular weight excluding hydrogens is 307 g/mol. The summed E-state index contributed by atoms with van der Waals surface area (Å²) in [6, 6.07) is 11.4. The first-order valence-corrected chi connectivity index (χ1v) is 7.96. The Hall–Kier alpha value is -2.73. The van der Waals surface area contributed by atoms with E-state index in [1.165, 1.54) is 18.2 Å². The summed E-state index contributed by atoms with van der Waals surface area (Å²) in [5, 5.41) is 3.31. The second kappa shape index (κ2) is 6.05. The van der Waals surface area contributed by atoms with E-state index >= 15 is 0 Å². The molecule has 2 aromatic heterocycles. The maximum atomic E-state index is 13.4. The van der Waals surface area contributed by atoms with Gasteiger partial charge in [-0.3, -0.25) is 9.20 Å². The molecule has 24 heavy (non-hydrogen) atoms.